The van der Waals surface area contributed by atoms with Gasteiger partial charge in [0.1, 0.15) is 5.54 Å². The molecule has 1 aliphatic heterocycles. The summed E-state index contributed by atoms with van der Waals surface area (Å²) in [5.74, 6) is -0.0588. The summed E-state index contributed by atoms with van der Waals surface area (Å²) in [5, 5.41) is 3.67. The van der Waals surface area contributed by atoms with Crippen molar-refractivity contribution in [1.82, 2.24) is 15.8 Å². The van der Waals surface area contributed by atoms with Gasteiger partial charge < -0.3 is 5.32 Å². The van der Waals surface area contributed by atoms with Crippen LogP contribution in [0.4, 0.5) is 4.79 Å². The molecule has 1 saturated heterocycles. The zero-order valence-electron chi connectivity index (χ0n) is 14.1. The van der Waals surface area contributed by atoms with E-state index < -0.39 is 11.6 Å². The maximum Gasteiger partial charge on any atom is 0.344 e. The van der Waals surface area contributed by atoms with Crippen LogP contribution in [0.2, 0.25) is 0 Å². The van der Waals surface area contributed by atoms with Crippen LogP contribution in [0.25, 0.3) is 0 Å². The van der Waals surface area contributed by atoms with Crippen LogP contribution in [0, 0.1) is 5.92 Å². The quantitative estimate of drug-likeness (QED) is 0.706. The highest BCUT2D eigenvalue weighted by Gasteiger charge is 2.52. The van der Waals surface area contributed by atoms with Crippen molar-refractivity contribution in [1.29, 1.82) is 0 Å². The Morgan fingerprint density at radius 2 is 2.12 bits per heavy atom. The molecule has 2 fully saturated rings. The second-order valence-corrected chi connectivity index (χ2v) is 9.48. The Morgan fingerprint density at radius 1 is 1.40 bits per heavy atom. The first-order chi connectivity index (χ1) is 11.9. The highest BCUT2D eigenvalue weighted by atomic mass is 79.9. The standard InChI is InChI=1S/C17H22BrN3O3S/c1-11-7-9-17(10-8-11)15(23)21(16(24)19-17)20-14(22)4-2-3-12-5-6-13(18)25-12/h5-6,11H,2-4,7-10H2,1H3,(H,19,24)(H,20,22). The number of carbonyl (C=O) groups is 3. The van der Waals surface area contributed by atoms with E-state index in [9.17, 15) is 14.4 Å². The largest absolute Gasteiger partial charge is 0.344 e. The van der Waals surface area contributed by atoms with E-state index in [1.165, 1.54) is 4.88 Å². The van der Waals surface area contributed by atoms with Gasteiger partial charge in [-0.25, -0.2) is 4.79 Å². The third kappa shape index (κ3) is 4.06. The summed E-state index contributed by atoms with van der Waals surface area (Å²) >= 11 is 5.06. The average Bonchev–Trinajstić information content (AvgIpc) is 3.08. The number of rotatable bonds is 5. The number of amides is 4. The second kappa shape index (κ2) is 7.45. The molecule has 1 aromatic heterocycles. The molecule has 0 atom stereocenters. The van der Waals surface area contributed by atoms with Gasteiger partial charge in [0, 0.05) is 11.3 Å². The Kier molecular flexibility index (Phi) is 5.48. The summed E-state index contributed by atoms with van der Waals surface area (Å²) in [6.07, 6.45) is 4.83. The van der Waals surface area contributed by atoms with Crippen LogP contribution in [0.15, 0.2) is 15.9 Å². The first-order valence-electron chi connectivity index (χ1n) is 8.60. The smallest absolute Gasteiger partial charge is 0.322 e. The highest BCUT2D eigenvalue weighted by molar-refractivity contribution is 9.11. The minimum atomic E-state index is -0.819. The lowest BCUT2D eigenvalue weighted by molar-refractivity contribution is -0.140. The van der Waals surface area contributed by atoms with Crippen LogP contribution in [-0.2, 0) is 16.0 Å². The van der Waals surface area contributed by atoms with Gasteiger partial charge in [0.2, 0.25) is 5.91 Å². The summed E-state index contributed by atoms with van der Waals surface area (Å²) < 4.78 is 1.07. The first-order valence-corrected chi connectivity index (χ1v) is 10.2. The van der Waals surface area contributed by atoms with Gasteiger partial charge in [0.25, 0.3) is 5.91 Å². The molecule has 1 aliphatic carbocycles. The molecule has 6 nitrogen and oxygen atoms in total. The molecule has 1 aromatic rings. The predicted molar refractivity (Wildman–Crippen MR) is 98.8 cm³/mol. The lowest BCUT2D eigenvalue weighted by atomic mass is 9.77. The van der Waals surface area contributed by atoms with E-state index in [4.69, 9.17) is 0 Å². The van der Waals surface area contributed by atoms with E-state index in [0.29, 0.717) is 25.2 Å². The fourth-order valence-corrected chi connectivity index (χ4v) is 4.93. The van der Waals surface area contributed by atoms with Crippen LogP contribution < -0.4 is 10.7 Å². The Hall–Kier alpha value is -1.41. The van der Waals surface area contributed by atoms with Gasteiger partial charge in [-0.05, 0) is 72.5 Å². The van der Waals surface area contributed by atoms with Gasteiger partial charge in [-0.15, -0.1) is 11.3 Å². The summed E-state index contributed by atoms with van der Waals surface area (Å²) in [6.45, 7) is 2.15. The Morgan fingerprint density at radius 3 is 2.76 bits per heavy atom. The molecule has 2 N–H and O–H groups in total. The van der Waals surface area contributed by atoms with E-state index in [0.717, 1.165) is 28.1 Å². The minimum Gasteiger partial charge on any atom is -0.322 e. The molecule has 8 heteroatoms. The Bertz CT molecular complexity index is 682. The number of nitrogens with zero attached hydrogens (tertiary/aromatic N) is 1. The van der Waals surface area contributed by atoms with Gasteiger partial charge in [-0.2, -0.15) is 5.01 Å². The zero-order valence-corrected chi connectivity index (χ0v) is 16.5. The van der Waals surface area contributed by atoms with Crippen molar-refractivity contribution in [3.63, 3.8) is 0 Å². The van der Waals surface area contributed by atoms with Crippen molar-refractivity contribution >= 4 is 45.1 Å². The SMILES string of the molecule is CC1CCC2(CC1)NC(=O)N(NC(=O)CCCc1ccc(Br)s1)C2=O. The zero-order chi connectivity index (χ0) is 18.0. The molecule has 3 rings (SSSR count). The first kappa shape index (κ1) is 18.4. The average molecular weight is 428 g/mol. The summed E-state index contributed by atoms with van der Waals surface area (Å²) in [7, 11) is 0. The highest BCUT2D eigenvalue weighted by Crippen LogP contribution is 2.35. The van der Waals surface area contributed by atoms with E-state index in [1.54, 1.807) is 11.3 Å². The summed E-state index contributed by atoms with van der Waals surface area (Å²) in [6, 6.07) is 3.49. The molecule has 2 aliphatic rings. The molecular weight excluding hydrogens is 406 g/mol. The molecule has 2 heterocycles. The molecule has 0 radical (unpaired) electrons. The number of hydrogen-bond acceptors (Lipinski definition) is 4. The predicted octanol–water partition coefficient (Wildman–Crippen LogP) is 3.37. The second-order valence-electron chi connectivity index (χ2n) is 6.93. The number of nitrogens with one attached hydrogen (secondary N) is 2. The van der Waals surface area contributed by atoms with E-state index in [1.807, 2.05) is 12.1 Å². The van der Waals surface area contributed by atoms with Crippen molar-refractivity contribution in [2.24, 2.45) is 5.92 Å². The number of halogens is 1. The number of carbonyl (C=O) groups excluding carboxylic acids is 3. The number of aryl methyl sites for hydroxylation is 1. The number of imide groups is 1. The third-order valence-electron chi connectivity index (χ3n) is 4.98. The van der Waals surface area contributed by atoms with Crippen LogP contribution in [0.5, 0.6) is 0 Å². The van der Waals surface area contributed by atoms with Crippen molar-refractivity contribution < 1.29 is 14.4 Å². The number of urea groups is 1. The van der Waals surface area contributed by atoms with Crippen LogP contribution in [0.1, 0.15) is 50.3 Å². The lowest BCUT2D eigenvalue weighted by Crippen LogP contribution is -2.51. The van der Waals surface area contributed by atoms with Crippen LogP contribution in [0.3, 0.4) is 0 Å². The van der Waals surface area contributed by atoms with Gasteiger partial charge in [-0.1, -0.05) is 6.92 Å². The lowest BCUT2D eigenvalue weighted by Gasteiger charge is -2.33. The van der Waals surface area contributed by atoms with E-state index in [2.05, 4.69) is 33.6 Å². The number of hydrogen-bond donors (Lipinski definition) is 2. The third-order valence-corrected chi connectivity index (χ3v) is 6.67. The van der Waals surface area contributed by atoms with Gasteiger partial charge in [0.05, 0.1) is 3.79 Å². The molecule has 4 amide bonds. The Balaban J connectivity index is 1.51. The van der Waals surface area contributed by atoms with Crippen LogP contribution >= 0.6 is 27.3 Å². The van der Waals surface area contributed by atoms with Gasteiger partial charge in [0.15, 0.2) is 0 Å². The monoisotopic (exact) mass is 427 g/mol. The van der Waals surface area contributed by atoms with E-state index in [-0.39, 0.29) is 18.2 Å². The summed E-state index contributed by atoms with van der Waals surface area (Å²) in [4.78, 5) is 38.1. The normalized spacial score (nSPS) is 26.2. The molecule has 136 valence electrons. The van der Waals surface area contributed by atoms with Crippen molar-refractivity contribution in [3.05, 3.63) is 20.8 Å². The number of thiophene rings is 1. The molecule has 0 bridgehead atoms. The molecule has 25 heavy (non-hydrogen) atoms. The maximum absolute atomic E-state index is 12.7. The van der Waals surface area contributed by atoms with Crippen molar-refractivity contribution in [2.75, 3.05) is 0 Å². The fraction of sp³-hybridized carbons (Fsp3) is 0.588. The van der Waals surface area contributed by atoms with Crippen LogP contribution in [-0.4, -0.2) is 28.4 Å². The minimum absolute atomic E-state index is 0.274. The fourth-order valence-electron chi connectivity index (χ4n) is 3.41. The van der Waals surface area contributed by atoms with E-state index >= 15 is 0 Å². The molecule has 1 spiro atoms. The molecule has 1 saturated carbocycles. The molecule has 0 unspecified atom stereocenters. The van der Waals surface area contributed by atoms with Crippen molar-refractivity contribution in [2.45, 2.75) is 57.4 Å². The van der Waals surface area contributed by atoms with Crippen molar-refractivity contribution in [3.8, 4) is 0 Å². The topological polar surface area (TPSA) is 78.5 Å². The maximum atomic E-state index is 12.7. The molecular formula is C17H22BrN3O3S. The Labute approximate surface area is 159 Å². The summed E-state index contributed by atoms with van der Waals surface area (Å²) in [5.41, 5.74) is 1.66. The van der Waals surface area contributed by atoms with Gasteiger partial charge in [-0.3, -0.25) is 15.0 Å². The number of hydrazine groups is 1. The molecule has 0 aromatic carbocycles. The van der Waals surface area contributed by atoms with Gasteiger partial charge >= 0.3 is 6.03 Å².